The summed E-state index contributed by atoms with van der Waals surface area (Å²) in [5, 5.41) is 0. The summed E-state index contributed by atoms with van der Waals surface area (Å²) in [5.74, 6) is 1.10. The number of aryl methyl sites for hydroxylation is 1. The van der Waals surface area contributed by atoms with Gasteiger partial charge in [0.05, 0.1) is 0 Å². The number of hydrogen-bond donors (Lipinski definition) is 1. The highest BCUT2D eigenvalue weighted by atomic mass is 15.2. The first-order valence-electron chi connectivity index (χ1n) is 6.71. The van der Waals surface area contributed by atoms with Gasteiger partial charge in [0.2, 0.25) is 0 Å². The standard InChI is InChI=1S/C14H23N3/c1-12-6-5-9-14(16-12)17(11-10-15)13-7-3-2-4-8-13/h5-6,9,13H,2-4,7-8,10-11,15H2,1H3. The number of anilines is 1. The van der Waals surface area contributed by atoms with Crippen LogP contribution in [0.3, 0.4) is 0 Å². The molecule has 0 atom stereocenters. The fourth-order valence-corrected chi connectivity index (χ4v) is 2.70. The highest BCUT2D eigenvalue weighted by molar-refractivity contribution is 5.40. The Morgan fingerprint density at radius 3 is 2.71 bits per heavy atom. The van der Waals surface area contributed by atoms with E-state index in [1.54, 1.807) is 0 Å². The highest BCUT2D eigenvalue weighted by Crippen LogP contribution is 2.25. The molecule has 0 unspecified atom stereocenters. The molecule has 2 rings (SSSR count). The maximum absolute atomic E-state index is 5.74. The molecular formula is C14H23N3. The first kappa shape index (κ1) is 12.4. The second kappa shape index (κ2) is 6.01. The van der Waals surface area contributed by atoms with Gasteiger partial charge in [-0.1, -0.05) is 25.3 Å². The number of hydrogen-bond acceptors (Lipinski definition) is 3. The highest BCUT2D eigenvalue weighted by Gasteiger charge is 2.21. The molecule has 1 heterocycles. The Balaban J connectivity index is 2.15. The van der Waals surface area contributed by atoms with Gasteiger partial charge in [0.25, 0.3) is 0 Å². The molecule has 94 valence electrons. The van der Waals surface area contributed by atoms with Crippen molar-refractivity contribution >= 4 is 5.82 Å². The van der Waals surface area contributed by atoms with Gasteiger partial charge in [0, 0.05) is 24.8 Å². The lowest BCUT2D eigenvalue weighted by atomic mass is 9.94. The van der Waals surface area contributed by atoms with E-state index in [1.165, 1.54) is 32.1 Å². The van der Waals surface area contributed by atoms with Crippen molar-refractivity contribution < 1.29 is 0 Å². The molecule has 0 amide bonds. The van der Waals surface area contributed by atoms with E-state index in [4.69, 9.17) is 5.73 Å². The number of pyridine rings is 1. The molecule has 3 nitrogen and oxygen atoms in total. The van der Waals surface area contributed by atoms with Gasteiger partial charge in [-0.15, -0.1) is 0 Å². The molecular weight excluding hydrogens is 210 g/mol. The second-order valence-electron chi connectivity index (χ2n) is 4.91. The van der Waals surface area contributed by atoms with Gasteiger partial charge in [-0.25, -0.2) is 4.98 Å². The average molecular weight is 233 g/mol. The van der Waals surface area contributed by atoms with E-state index in [0.29, 0.717) is 12.6 Å². The lowest BCUT2D eigenvalue weighted by molar-refractivity contribution is 0.414. The van der Waals surface area contributed by atoms with Gasteiger partial charge >= 0.3 is 0 Å². The van der Waals surface area contributed by atoms with Crippen LogP contribution in [0.25, 0.3) is 0 Å². The minimum absolute atomic E-state index is 0.640. The van der Waals surface area contributed by atoms with E-state index in [2.05, 4.69) is 22.0 Å². The predicted molar refractivity (Wildman–Crippen MR) is 72.2 cm³/mol. The molecule has 0 radical (unpaired) electrons. The van der Waals surface area contributed by atoms with Crippen molar-refractivity contribution in [2.75, 3.05) is 18.0 Å². The van der Waals surface area contributed by atoms with E-state index in [1.807, 2.05) is 13.0 Å². The predicted octanol–water partition coefficient (Wildman–Crippen LogP) is 2.49. The third kappa shape index (κ3) is 3.19. The molecule has 0 aliphatic heterocycles. The van der Waals surface area contributed by atoms with E-state index in [-0.39, 0.29) is 0 Å². The monoisotopic (exact) mass is 233 g/mol. The minimum Gasteiger partial charge on any atom is -0.352 e. The largest absolute Gasteiger partial charge is 0.352 e. The van der Waals surface area contributed by atoms with Crippen molar-refractivity contribution in [2.45, 2.75) is 45.1 Å². The molecule has 2 N–H and O–H groups in total. The van der Waals surface area contributed by atoms with E-state index < -0.39 is 0 Å². The molecule has 3 heteroatoms. The van der Waals surface area contributed by atoms with E-state index in [0.717, 1.165) is 18.1 Å². The average Bonchev–Trinajstić information content (AvgIpc) is 2.37. The Labute approximate surface area is 104 Å². The van der Waals surface area contributed by atoms with Gasteiger partial charge in [0.1, 0.15) is 5.82 Å². The first-order chi connectivity index (χ1) is 8.31. The number of rotatable bonds is 4. The number of nitrogens with two attached hydrogens (primary N) is 1. The first-order valence-corrected chi connectivity index (χ1v) is 6.71. The zero-order valence-corrected chi connectivity index (χ0v) is 10.7. The third-order valence-electron chi connectivity index (χ3n) is 3.55. The molecule has 1 aliphatic rings. The molecule has 1 aliphatic carbocycles. The number of aromatic nitrogens is 1. The van der Waals surface area contributed by atoms with Crippen molar-refractivity contribution in [3.8, 4) is 0 Å². The van der Waals surface area contributed by atoms with Gasteiger partial charge in [-0.3, -0.25) is 0 Å². The smallest absolute Gasteiger partial charge is 0.129 e. The maximum atomic E-state index is 5.74. The summed E-state index contributed by atoms with van der Waals surface area (Å²) >= 11 is 0. The van der Waals surface area contributed by atoms with Crippen molar-refractivity contribution in [2.24, 2.45) is 5.73 Å². The van der Waals surface area contributed by atoms with Crippen LogP contribution in [0.4, 0.5) is 5.82 Å². The Kier molecular flexibility index (Phi) is 4.37. The fraction of sp³-hybridized carbons (Fsp3) is 0.643. The third-order valence-corrected chi connectivity index (χ3v) is 3.55. The van der Waals surface area contributed by atoms with E-state index >= 15 is 0 Å². The van der Waals surface area contributed by atoms with Crippen LogP contribution in [-0.4, -0.2) is 24.1 Å². The van der Waals surface area contributed by atoms with Crippen LogP contribution < -0.4 is 10.6 Å². The van der Waals surface area contributed by atoms with Crippen LogP contribution in [-0.2, 0) is 0 Å². The normalized spacial score (nSPS) is 17.1. The Hall–Kier alpha value is -1.09. The Morgan fingerprint density at radius 1 is 1.29 bits per heavy atom. The van der Waals surface area contributed by atoms with Crippen LogP contribution in [0.15, 0.2) is 18.2 Å². The molecule has 0 bridgehead atoms. The van der Waals surface area contributed by atoms with Crippen LogP contribution >= 0.6 is 0 Å². The summed E-state index contributed by atoms with van der Waals surface area (Å²) in [4.78, 5) is 7.05. The molecule has 0 spiro atoms. The van der Waals surface area contributed by atoms with Crippen LogP contribution in [0.1, 0.15) is 37.8 Å². The SMILES string of the molecule is Cc1cccc(N(CCN)C2CCCCC2)n1. The van der Waals surface area contributed by atoms with Gasteiger partial charge in [-0.2, -0.15) is 0 Å². The zero-order valence-electron chi connectivity index (χ0n) is 10.7. The second-order valence-corrected chi connectivity index (χ2v) is 4.91. The quantitative estimate of drug-likeness (QED) is 0.868. The Bertz CT molecular complexity index is 345. The minimum atomic E-state index is 0.640. The van der Waals surface area contributed by atoms with Gasteiger partial charge in [0.15, 0.2) is 0 Å². The van der Waals surface area contributed by atoms with Crippen LogP contribution in [0.5, 0.6) is 0 Å². The van der Waals surface area contributed by atoms with Crippen LogP contribution in [0, 0.1) is 6.92 Å². The molecule has 0 saturated heterocycles. The molecule has 1 aromatic rings. The zero-order chi connectivity index (χ0) is 12.1. The summed E-state index contributed by atoms with van der Waals surface area (Å²) < 4.78 is 0. The molecule has 1 saturated carbocycles. The molecule has 0 aromatic carbocycles. The van der Waals surface area contributed by atoms with Gasteiger partial charge in [-0.05, 0) is 31.9 Å². The van der Waals surface area contributed by atoms with Crippen molar-refractivity contribution in [1.29, 1.82) is 0 Å². The van der Waals surface area contributed by atoms with Crippen molar-refractivity contribution in [3.05, 3.63) is 23.9 Å². The van der Waals surface area contributed by atoms with Crippen LogP contribution in [0.2, 0.25) is 0 Å². The Morgan fingerprint density at radius 2 is 2.06 bits per heavy atom. The molecule has 1 aromatic heterocycles. The van der Waals surface area contributed by atoms with Gasteiger partial charge < -0.3 is 10.6 Å². The lowest BCUT2D eigenvalue weighted by Crippen LogP contribution is -2.40. The number of nitrogens with zero attached hydrogens (tertiary/aromatic N) is 2. The topological polar surface area (TPSA) is 42.1 Å². The molecule has 1 fully saturated rings. The van der Waals surface area contributed by atoms with Crippen molar-refractivity contribution in [3.63, 3.8) is 0 Å². The summed E-state index contributed by atoms with van der Waals surface area (Å²) in [6.07, 6.45) is 6.65. The summed E-state index contributed by atoms with van der Waals surface area (Å²) in [6, 6.07) is 6.88. The molecule has 17 heavy (non-hydrogen) atoms. The fourth-order valence-electron chi connectivity index (χ4n) is 2.70. The summed E-state index contributed by atoms with van der Waals surface area (Å²) in [5.41, 5.74) is 6.83. The summed E-state index contributed by atoms with van der Waals surface area (Å²) in [7, 11) is 0. The maximum Gasteiger partial charge on any atom is 0.129 e. The van der Waals surface area contributed by atoms with E-state index in [9.17, 15) is 0 Å². The lowest BCUT2D eigenvalue weighted by Gasteiger charge is -2.35. The van der Waals surface area contributed by atoms with Crippen molar-refractivity contribution in [1.82, 2.24) is 4.98 Å². The summed E-state index contributed by atoms with van der Waals surface area (Å²) in [6.45, 7) is 3.66.